The number of nitrogens with zero attached hydrogens (tertiary/aromatic N) is 3. The summed E-state index contributed by atoms with van der Waals surface area (Å²) in [5.41, 5.74) is 6.54. The molecule has 0 saturated carbocycles. The number of nitrogens with one attached hydrogen (secondary N) is 1. The largest absolute Gasteiger partial charge is 0.364 e. The molecule has 32 heavy (non-hydrogen) atoms. The van der Waals surface area contributed by atoms with Crippen molar-refractivity contribution in [3.63, 3.8) is 0 Å². The molecule has 1 aromatic heterocycles. The molecule has 1 saturated heterocycles. The van der Waals surface area contributed by atoms with E-state index in [1.807, 2.05) is 44.4 Å². The predicted octanol–water partition coefficient (Wildman–Crippen LogP) is 0.944. The van der Waals surface area contributed by atoms with Crippen molar-refractivity contribution in [1.29, 1.82) is 0 Å². The molecule has 1 aromatic carbocycles. The molecule has 0 bridgehead atoms. The fourth-order valence-electron chi connectivity index (χ4n) is 4.04. The Morgan fingerprint density at radius 1 is 1.19 bits per heavy atom. The molecule has 1 fully saturated rings. The van der Waals surface area contributed by atoms with Gasteiger partial charge in [0.1, 0.15) is 10.6 Å². The van der Waals surface area contributed by atoms with Crippen molar-refractivity contribution in [2.24, 2.45) is 18.7 Å². The molecule has 2 amide bonds. The van der Waals surface area contributed by atoms with E-state index in [0.29, 0.717) is 19.4 Å². The van der Waals surface area contributed by atoms with Crippen LogP contribution in [-0.2, 0) is 21.9 Å². The van der Waals surface area contributed by atoms with E-state index in [1.165, 1.54) is 21.1 Å². The summed E-state index contributed by atoms with van der Waals surface area (Å²) < 4.78 is 28.7. The van der Waals surface area contributed by atoms with Crippen molar-refractivity contribution < 1.29 is 18.0 Å². The fourth-order valence-corrected chi connectivity index (χ4v) is 5.58. The van der Waals surface area contributed by atoms with Crippen molar-refractivity contribution in [3.05, 3.63) is 53.9 Å². The van der Waals surface area contributed by atoms with Crippen molar-refractivity contribution in [2.75, 3.05) is 33.7 Å². The lowest BCUT2D eigenvalue weighted by atomic mass is 9.97. The van der Waals surface area contributed by atoms with E-state index in [1.54, 1.807) is 7.05 Å². The molecule has 1 aliphatic rings. The van der Waals surface area contributed by atoms with E-state index in [-0.39, 0.29) is 41.5 Å². The van der Waals surface area contributed by atoms with E-state index < -0.39 is 15.9 Å². The monoisotopic (exact) mass is 461 g/mol. The summed E-state index contributed by atoms with van der Waals surface area (Å²) >= 11 is 0. The van der Waals surface area contributed by atoms with Gasteiger partial charge in [0.15, 0.2) is 0 Å². The number of carbonyl (C=O) groups excluding carboxylic acids is 2. The molecule has 1 aliphatic heterocycles. The van der Waals surface area contributed by atoms with Crippen molar-refractivity contribution in [2.45, 2.75) is 23.8 Å². The summed E-state index contributed by atoms with van der Waals surface area (Å²) in [5.74, 6) is -0.978. The second-order valence-electron chi connectivity index (χ2n) is 8.35. The Morgan fingerprint density at radius 2 is 1.81 bits per heavy atom. The first-order valence-electron chi connectivity index (χ1n) is 10.6. The van der Waals surface area contributed by atoms with E-state index in [0.717, 1.165) is 5.56 Å². The van der Waals surface area contributed by atoms with Crippen LogP contribution < -0.4 is 11.1 Å². The second-order valence-corrected chi connectivity index (χ2v) is 10.3. The summed E-state index contributed by atoms with van der Waals surface area (Å²) in [6.07, 6.45) is 2.27. The summed E-state index contributed by atoms with van der Waals surface area (Å²) in [4.78, 5) is 26.3. The number of carbonyl (C=O) groups is 2. The molecular weight excluding hydrogens is 430 g/mol. The van der Waals surface area contributed by atoms with Crippen molar-refractivity contribution in [1.82, 2.24) is 19.1 Å². The number of hydrogen-bond acceptors (Lipinski definition) is 5. The van der Waals surface area contributed by atoms with Gasteiger partial charge in [-0.1, -0.05) is 30.3 Å². The van der Waals surface area contributed by atoms with Gasteiger partial charge in [-0.2, -0.15) is 4.31 Å². The smallest absolute Gasteiger partial charge is 0.265 e. The Balaban J connectivity index is 1.58. The van der Waals surface area contributed by atoms with Gasteiger partial charge in [-0.25, -0.2) is 8.42 Å². The molecule has 1 atom stereocenters. The summed E-state index contributed by atoms with van der Waals surface area (Å²) in [7, 11) is 1.77. The van der Waals surface area contributed by atoms with Crippen LogP contribution in [0.25, 0.3) is 0 Å². The Kier molecular flexibility index (Phi) is 7.37. The molecule has 0 radical (unpaired) electrons. The van der Waals surface area contributed by atoms with Crippen LogP contribution in [0.15, 0.2) is 47.5 Å². The van der Waals surface area contributed by atoms with Crippen LogP contribution in [0.1, 0.15) is 34.9 Å². The molecule has 10 heteroatoms. The Morgan fingerprint density at radius 3 is 2.34 bits per heavy atom. The minimum Gasteiger partial charge on any atom is -0.364 e. The van der Waals surface area contributed by atoms with Gasteiger partial charge in [0, 0.05) is 38.8 Å². The SMILES string of the molecule is CN(C)C(CNC(=O)C1CCN(S(=O)(=O)c2cc(C(N)=O)n(C)c2)CC1)c1ccccc1. The number of sulfonamides is 1. The number of benzene rings is 1. The van der Waals surface area contributed by atoms with Gasteiger partial charge in [0.05, 0.1) is 6.04 Å². The average Bonchev–Trinajstić information content (AvgIpc) is 3.17. The van der Waals surface area contributed by atoms with Crippen LogP contribution >= 0.6 is 0 Å². The van der Waals surface area contributed by atoms with E-state index in [4.69, 9.17) is 5.73 Å². The van der Waals surface area contributed by atoms with Crippen LogP contribution in [0.2, 0.25) is 0 Å². The zero-order valence-corrected chi connectivity index (χ0v) is 19.5. The number of aromatic nitrogens is 1. The lowest BCUT2D eigenvalue weighted by Gasteiger charge is -2.31. The van der Waals surface area contributed by atoms with Crippen LogP contribution in [0.4, 0.5) is 0 Å². The molecule has 0 aliphatic carbocycles. The van der Waals surface area contributed by atoms with Crippen molar-refractivity contribution >= 4 is 21.8 Å². The van der Waals surface area contributed by atoms with Crippen LogP contribution in [-0.4, -0.2) is 67.7 Å². The number of piperidine rings is 1. The maximum absolute atomic E-state index is 13.0. The number of hydrogen-bond donors (Lipinski definition) is 2. The maximum Gasteiger partial charge on any atom is 0.265 e. The summed E-state index contributed by atoms with van der Waals surface area (Å²) in [6, 6.07) is 11.3. The van der Waals surface area contributed by atoms with Gasteiger partial charge in [-0.15, -0.1) is 0 Å². The quantitative estimate of drug-likeness (QED) is 0.607. The number of amides is 2. The number of aryl methyl sites for hydroxylation is 1. The number of nitrogens with two attached hydrogens (primary N) is 1. The van der Waals surface area contributed by atoms with E-state index >= 15 is 0 Å². The molecule has 9 nitrogen and oxygen atoms in total. The molecular formula is C22H31N5O4S. The molecule has 1 unspecified atom stereocenters. The van der Waals surface area contributed by atoms with E-state index in [9.17, 15) is 18.0 Å². The minimum absolute atomic E-state index is 0.0355. The zero-order chi connectivity index (χ0) is 23.5. The Labute approximate surface area is 189 Å². The van der Waals surface area contributed by atoms with Gasteiger partial charge in [-0.05, 0) is 38.6 Å². The third kappa shape index (κ3) is 5.20. The Bertz CT molecular complexity index is 1060. The molecule has 0 spiro atoms. The summed E-state index contributed by atoms with van der Waals surface area (Å²) in [6.45, 7) is 0.975. The Hall–Kier alpha value is -2.69. The van der Waals surface area contributed by atoms with Gasteiger partial charge < -0.3 is 20.5 Å². The van der Waals surface area contributed by atoms with Crippen LogP contribution in [0.3, 0.4) is 0 Å². The topological polar surface area (TPSA) is 118 Å². The van der Waals surface area contributed by atoms with Crippen LogP contribution in [0.5, 0.6) is 0 Å². The van der Waals surface area contributed by atoms with Gasteiger partial charge in [-0.3, -0.25) is 9.59 Å². The first-order valence-corrected chi connectivity index (χ1v) is 12.0. The molecule has 3 rings (SSSR count). The third-order valence-corrected chi connectivity index (χ3v) is 7.84. The van der Waals surface area contributed by atoms with Crippen molar-refractivity contribution in [3.8, 4) is 0 Å². The van der Waals surface area contributed by atoms with Gasteiger partial charge in [0.25, 0.3) is 5.91 Å². The highest BCUT2D eigenvalue weighted by Gasteiger charge is 2.33. The number of primary amides is 1. The fraction of sp³-hybridized carbons (Fsp3) is 0.455. The van der Waals surface area contributed by atoms with Gasteiger partial charge >= 0.3 is 0 Å². The number of rotatable bonds is 8. The lowest BCUT2D eigenvalue weighted by Crippen LogP contribution is -2.44. The minimum atomic E-state index is -3.75. The first kappa shape index (κ1) is 24.0. The second kappa shape index (κ2) is 9.85. The molecule has 2 aromatic rings. The number of likely N-dealkylation sites (N-methyl/N-ethyl adjacent to an activating group) is 1. The first-order chi connectivity index (χ1) is 15.1. The highest BCUT2D eigenvalue weighted by molar-refractivity contribution is 7.89. The summed E-state index contributed by atoms with van der Waals surface area (Å²) in [5, 5.41) is 3.04. The molecule has 2 heterocycles. The highest BCUT2D eigenvalue weighted by atomic mass is 32.2. The average molecular weight is 462 g/mol. The normalized spacial score (nSPS) is 16.8. The lowest BCUT2D eigenvalue weighted by molar-refractivity contribution is -0.126. The third-order valence-electron chi connectivity index (χ3n) is 5.97. The molecule has 174 valence electrons. The predicted molar refractivity (Wildman–Crippen MR) is 121 cm³/mol. The zero-order valence-electron chi connectivity index (χ0n) is 18.7. The molecule has 3 N–H and O–H groups in total. The van der Waals surface area contributed by atoms with Crippen LogP contribution in [0, 0.1) is 5.92 Å². The van der Waals surface area contributed by atoms with E-state index in [2.05, 4.69) is 10.2 Å². The van der Waals surface area contributed by atoms with Gasteiger partial charge in [0.2, 0.25) is 15.9 Å². The standard InChI is InChI=1S/C22H31N5O4S/c1-25(2)20(16-7-5-4-6-8-16)14-24-22(29)17-9-11-27(12-10-17)32(30,31)18-13-19(21(23)28)26(3)15-18/h4-8,13,15,17,20H,9-12,14H2,1-3H3,(H2,23,28)(H,24,29). The maximum atomic E-state index is 13.0. The highest BCUT2D eigenvalue weighted by Crippen LogP contribution is 2.25.